The predicted molar refractivity (Wildman–Crippen MR) is 65.3 cm³/mol. The maximum absolute atomic E-state index is 11.5. The first kappa shape index (κ1) is 11.5. The number of amides is 2. The summed E-state index contributed by atoms with van der Waals surface area (Å²) in [5.74, 6) is 0. The second-order valence-corrected chi connectivity index (χ2v) is 4.89. The Balaban J connectivity index is 1.56. The molecule has 0 atom stereocenters. The van der Waals surface area contributed by atoms with Crippen LogP contribution in [0.5, 0.6) is 0 Å². The Morgan fingerprint density at radius 2 is 2.12 bits per heavy atom. The van der Waals surface area contributed by atoms with Crippen molar-refractivity contribution in [1.82, 2.24) is 10.6 Å². The first-order valence-corrected chi connectivity index (χ1v) is 6.57. The molecule has 2 N–H and O–H groups in total. The number of hydrogen-bond acceptors (Lipinski definition) is 1. The molecule has 0 aliphatic heterocycles. The van der Waals surface area contributed by atoms with Crippen molar-refractivity contribution in [3.05, 3.63) is 11.6 Å². The van der Waals surface area contributed by atoms with Crippen molar-refractivity contribution >= 4 is 6.03 Å². The lowest BCUT2D eigenvalue weighted by atomic mass is 10.2. The first-order chi connectivity index (χ1) is 7.84. The summed E-state index contributed by atoms with van der Waals surface area (Å²) in [6, 6.07) is 0.441. The maximum Gasteiger partial charge on any atom is 0.315 e. The average Bonchev–Trinajstić information content (AvgIpc) is 2.90. The van der Waals surface area contributed by atoms with Crippen LogP contribution >= 0.6 is 0 Å². The Kier molecular flexibility index (Phi) is 4.25. The number of hydrogen-bond donors (Lipinski definition) is 2. The zero-order chi connectivity index (χ0) is 11.2. The highest BCUT2D eigenvalue weighted by Gasteiger charge is 2.16. The molecule has 0 heterocycles. The van der Waals surface area contributed by atoms with Crippen LogP contribution in [0, 0.1) is 0 Å². The molecule has 2 amide bonds. The fourth-order valence-corrected chi connectivity index (χ4v) is 2.61. The van der Waals surface area contributed by atoms with E-state index >= 15 is 0 Å². The van der Waals surface area contributed by atoms with Gasteiger partial charge >= 0.3 is 6.03 Å². The molecule has 16 heavy (non-hydrogen) atoms. The molecule has 0 saturated heterocycles. The molecule has 90 valence electrons. The molecule has 2 aliphatic rings. The van der Waals surface area contributed by atoms with Gasteiger partial charge in [-0.1, -0.05) is 24.5 Å². The summed E-state index contributed by atoms with van der Waals surface area (Å²) in [6.45, 7) is 0.782. The van der Waals surface area contributed by atoms with Crippen molar-refractivity contribution in [3.63, 3.8) is 0 Å². The van der Waals surface area contributed by atoms with Gasteiger partial charge in [-0.15, -0.1) is 0 Å². The molecular weight excluding hydrogens is 200 g/mol. The van der Waals surface area contributed by atoms with E-state index in [1.165, 1.54) is 37.7 Å². The van der Waals surface area contributed by atoms with Crippen LogP contribution in [0.15, 0.2) is 11.6 Å². The molecule has 3 heteroatoms. The van der Waals surface area contributed by atoms with Gasteiger partial charge in [-0.05, 0) is 38.5 Å². The highest BCUT2D eigenvalue weighted by molar-refractivity contribution is 5.74. The summed E-state index contributed by atoms with van der Waals surface area (Å²) in [5, 5.41) is 5.98. The van der Waals surface area contributed by atoms with Gasteiger partial charge in [-0.25, -0.2) is 4.79 Å². The van der Waals surface area contributed by atoms with Crippen molar-refractivity contribution in [3.8, 4) is 0 Å². The number of carbonyl (C=O) groups is 1. The minimum absolute atomic E-state index is 0.0190. The quantitative estimate of drug-likeness (QED) is 0.705. The molecule has 0 aromatic carbocycles. The third-order valence-electron chi connectivity index (χ3n) is 3.56. The lowest BCUT2D eigenvalue weighted by molar-refractivity contribution is 0.237. The third kappa shape index (κ3) is 3.54. The number of rotatable bonds is 4. The van der Waals surface area contributed by atoms with E-state index in [-0.39, 0.29) is 6.03 Å². The van der Waals surface area contributed by atoms with Gasteiger partial charge in [0, 0.05) is 12.6 Å². The molecule has 0 radical (unpaired) electrons. The van der Waals surface area contributed by atoms with Crippen molar-refractivity contribution in [2.75, 3.05) is 6.54 Å². The van der Waals surface area contributed by atoms with Gasteiger partial charge in [0.1, 0.15) is 0 Å². The number of allylic oxidation sites excluding steroid dienone is 1. The SMILES string of the molecule is O=C(NCCC1=CCCC1)NC1CCCC1. The van der Waals surface area contributed by atoms with Crippen LogP contribution in [0.25, 0.3) is 0 Å². The summed E-state index contributed by atoms with van der Waals surface area (Å²) in [6.07, 6.45) is 11.9. The summed E-state index contributed by atoms with van der Waals surface area (Å²) in [5.41, 5.74) is 1.51. The smallest absolute Gasteiger partial charge is 0.315 e. The Bertz CT molecular complexity index is 267. The van der Waals surface area contributed by atoms with E-state index in [9.17, 15) is 4.79 Å². The average molecular weight is 222 g/mol. The molecular formula is C13H22N2O. The van der Waals surface area contributed by atoms with Gasteiger partial charge in [0.25, 0.3) is 0 Å². The summed E-state index contributed by atoms with van der Waals surface area (Å²) < 4.78 is 0. The van der Waals surface area contributed by atoms with Gasteiger partial charge in [0.2, 0.25) is 0 Å². The van der Waals surface area contributed by atoms with E-state index in [2.05, 4.69) is 16.7 Å². The van der Waals surface area contributed by atoms with E-state index in [1.807, 2.05) is 0 Å². The van der Waals surface area contributed by atoms with E-state index in [1.54, 1.807) is 0 Å². The van der Waals surface area contributed by atoms with Crippen molar-refractivity contribution < 1.29 is 4.79 Å². The van der Waals surface area contributed by atoms with Crippen LogP contribution in [0.4, 0.5) is 4.79 Å². The number of carbonyl (C=O) groups excluding carboxylic acids is 1. The lowest BCUT2D eigenvalue weighted by Gasteiger charge is -2.13. The zero-order valence-electron chi connectivity index (χ0n) is 9.93. The molecule has 0 aromatic rings. The van der Waals surface area contributed by atoms with Crippen LogP contribution < -0.4 is 10.6 Å². The fraction of sp³-hybridized carbons (Fsp3) is 0.769. The second-order valence-electron chi connectivity index (χ2n) is 4.89. The van der Waals surface area contributed by atoms with Crippen LogP contribution in [0.1, 0.15) is 51.4 Å². The highest BCUT2D eigenvalue weighted by atomic mass is 16.2. The monoisotopic (exact) mass is 222 g/mol. The Morgan fingerprint density at radius 3 is 2.81 bits per heavy atom. The van der Waals surface area contributed by atoms with Crippen molar-refractivity contribution in [1.29, 1.82) is 0 Å². The summed E-state index contributed by atoms with van der Waals surface area (Å²) in [4.78, 5) is 11.5. The Morgan fingerprint density at radius 1 is 1.31 bits per heavy atom. The molecule has 2 aliphatic carbocycles. The summed E-state index contributed by atoms with van der Waals surface area (Å²) in [7, 11) is 0. The van der Waals surface area contributed by atoms with Crippen molar-refractivity contribution in [2.24, 2.45) is 0 Å². The molecule has 0 spiro atoms. The molecule has 3 nitrogen and oxygen atoms in total. The largest absolute Gasteiger partial charge is 0.338 e. The van der Waals surface area contributed by atoms with Crippen LogP contribution in [0.3, 0.4) is 0 Å². The van der Waals surface area contributed by atoms with Gasteiger partial charge in [0.15, 0.2) is 0 Å². The number of urea groups is 1. The van der Waals surface area contributed by atoms with E-state index < -0.39 is 0 Å². The van der Waals surface area contributed by atoms with Gasteiger partial charge in [0.05, 0.1) is 0 Å². The molecule has 0 bridgehead atoms. The maximum atomic E-state index is 11.5. The molecule has 1 fully saturated rings. The molecule has 0 aromatic heterocycles. The molecule has 1 saturated carbocycles. The van der Waals surface area contributed by atoms with Gasteiger partial charge in [-0.2, -0.15) is 0 Å². The minimum atomic E-state index is 0.0190. The molecule has 0 unspecified atom stereocenters. The zero-order valence-corrected chi connectivity index (χ0v) is 9.93. The fourth-order valence-electron chi connectivity index (χ4n) is 2.61. The highest BCUT2D eigenvalue weighted by Crippen LogP contribution is 2.20. The van der Waals surface area contributed by atoms with E-state index in [4.69, 9.17) is 0 Å². The van der Waals surface area contributed by atoms with Crippen LogP contribution in [-0.2, 0) is 0 Å². The number of nitrogens with one attached hydrogen (secondary N) is 2. The van der Waals surface area contributed by atoms with Crippen LogP contribution in [0.2, 0.25) is 0 Å². The predicted octanol–water partition coefficient (Wildman–Crippen LogP) is 2.73. The molecule has 2 rings (SSSR count). The minimum Gasteiger partial charge on any atom is -0.338 e. The van der Waals surface area contributed by atoms with Crippen LogP contribution in [-0.4, -0.2) is 18.6 Å². The normalized spacial score (nSPS) is 20.9. The van der Waals surface area contributed by atoms with Crippen molar-refractivity contribution in [2.45, 2.75) is 57.4 Å². The summed E-state index contributed by atoms with van der Waals surface area (Å²) >= 11 is 0. The first-order valence-electron chi connectivity index (χ1n) is 6.57. The lowest BCUT2D eigenvalue weighted by Crippen LogP contribution is -2.41. The Hall–Kier alpha value is -0.990. The van der Waals surface area contributed by atoms with E-state index in [0.29, 0.717) is 6.04 Å². The van der Waals surface area contributed by atoms with Gasteiger partial charge in [-0.3, -0.25) is 0 Å². The Labute approximate surface area is 97.7 Å². The third-order valence-corrected chi connectivity index (χ3v) is 3.56. The van der Waals surface area contributed by atoms with Gasteiger partial charge < -0.3 is 10.6 Å². The van der Waals surface area contributed by atoms with E-state index in [0.717, 1.165) is 25.8 Å². The topological polar surface area (TPSA) is 41.1 Å². The second kappa shape index (κ2) is 5.92. The standard InChI is InChI=1S/C13H22N2O/c16-13(15-12-7-3-4-8-12)14-10-9-11-5-1-2-6-11/h5,12H,1-4,6-10H2,(H2,14,15,16).